The Balaban J connectivity index is 1.35. The van der Waals surface area contributed by atoms with Crippen LogP contribution in [0.15, 0.2) is 140 Å². The van der Waals surface area contributed by atoms with Crippen LogP contribution in [0.2, 0.25) is 0 Å². The van der Waals surface area contributed by atoms with Gasteiger partial charge in [0.2, 0.25) is 0 Å². The Morgan fingerprint density at radius 2 is 0.974 bits per heavy atom. The third kappa shape index (κ3) is 4.36. The van der Waals surface area contributed by atoms with Gasteiger partial charge in [0.15, 0.2) is 5.82 Å². The van der Waals surface area contributed by atoms with Crippen molar-refractivity contribution < 1.29 is 0 Å². The highest BCUT2D eigenvalue weighted by Gasteiger charge is 2.13. The van der Waals surface area contributed by atoms with Crippen molar-refractivity contribution in [3.63, 3.8) is 0 Å². The molecule has 2 nitrogen and oxygen atoms in total. The first-order valence-electron chi connectivity index (χ1n) is 13.3. The molecule has 0 aliphatic heterocycles. The molecule has 0 aliphatic carbocycles. The van der Waals surface area contributed by atoms with Crippen LogP contribution in [0.4, 0.5) is 0 Å². The molecule has 0 aliphatic rings. The van der Waals surface area contributed by atoms with E-state index in [4.69, 9.17) is 9.97 Å². The summed E-state index contributed by atoms with van der Waals surface area (Å²) in [6.07, 6.45) is 0. The van der Waals surface area contributed by atoms with Crippen molar-refractivity contribution >= 4 is 21.5 Å². The fourth-order valence-corrected chi connectivity index (χ4v) is 5.38. The molecule has 0 N–H and O–H groups in total. The summed E-state index contributed by atoms with van der Waals surface area (Å²) in [4.78, 5) is 10.1. The second kappa shape index (κ2) is 9.66. The molecule has 0 radical (unpaired) electrons. The average molecular weight is 499 g/mol. The average Bonchev–Trinajstić information content (AvgIpc) is 3.01. The Morgan fingerprint density at radius 1 is 0.410 bits per heavy atom. The van der Waals surface area contributed by atoms with Crippen LogP contribution >= 0.6 is 0 Å². The second-order valence-electron chi connectivity index (χ2n) is 9.95. The molecule has 39 heavy (non-hydrogen) atoms. The van der Waals surface area contributed by atoms with Crippen LogP contribution in [0.3, 0.4) is 0 Å². The van der Waals surface area contributed by atoms with Gasteiger partial charge in [-0.3, -0.25) is 0 Å². The largest absolute Gasteiger partial charge is 0.228 e. The monoisotopic (exact) mass is 498 g/mol. The molecular weight excluding hydrogens is 472 g/mol. The fourth-order valence-electron chi connectivity index (χ4n) is 5.38. The van der Waals surface area contributed by atoms with E-state index in [1.807, 2.05) is 18.2 Å². The third-order valence-electron chi connectivity index (χ3n) is 7.41. The molecule has 7 rings (SSSR count). The Labute approximate surface area is 228 Å². The summed E-state index contributed by atoms with van der Waals surface area (Å²) in [7, 11) is 0. The molecule has 0 atom stereocenters. The molecule has 0 fully saturated rings. The zero-order valence-electron chi connectivity index (χ0n) is 21.7. The first-order chi connectivity index (χ1) is 19.2. The molecule has 7 aromatic rings. The van der Waals surface area contributed by atoms with E-state index in [9.17, 15) is 0 Å². The molecule has 0 amide bonds. The van der Waals surface area contributed by atoms with Crippen LogP contribution in [-0.4, -0.2) is 9.97 Å². The van der Waals surface area contributed by atoms with Crippen LogP contribution in [0.25, 0.3) is 66.6 Å². The van der Waals surface area contributed by atoms with E-state index >= 15 is 0 Å². The van der Waals surface area contributed by atoms with Gasteiger partial charge >= 0.3 is 0 Å². The van der Waals surface area contributed by atoms with E-state index in [2.05, 4.69) is 128 Å². The Morgan fingerprint density at radius 3 is 1.74 bits per heavy atom. The first-order valence-corrected chi connectivity index (χ1v) is 13.3. The number of rotatable bonds is 4. The van der Waals surface area contributed by atoms with E-state index < -0.39 is 0 Å². The molecule has 1 aromatic heterocycles. The van der Waals surface area contributed by atoms with Gasteiger partial charge in [-0.1, -0.05) is 127 Å². The summed E-state index contributed by atoms with van der Waals surface area (Å²) in [5.74, 6) is 0.728. The van der Waals surface area contributed by atoms with Gasteiger partial charge in [0.25, 0.3) is 0 Å². The molecule has 1 heterocycles. The molecule has 6 aromatic carbocycles. The molecule has 0 unspecified atom stereocenters. The van der Waals surface area contributed by atoms with Gasteiger partial charge in [-0.15, -0.1) is 0 Å². The van der Waals surface area contributed by atoms with Crippen LogP contribution < -0.4 is 0 Å². The van der Waals surface area contributed by atoms with Crippen molar-refractivity contribution in [1.29, 1.82) is 0 Å². The summed E-state index contributed by atoms with van der Waals surface area (Å²) >= 11 is 0. The number of benzene rings is 6. The second-order valence-corrected chi connectivity index (χ2v) is 9.95. The molecule has 0 bridgehead atoms. The van der Waals surface area contributed by atoms with Crippen LogP contribution in [0.5, 0.6) is 0 Å². The highest BCUT2D eigenvalue weighted by atomic mass is 14.9. The van der Waals surface area contributed by atoms with E-state index in [1.165, 1.54) is 38.2 Å². The van der Waals surface area contributed by atoms with Gasteiger partial charge in [-0.2, -0.15) is 0 Å². The van der Waals surface area contributed by atoms with Crippen molar-refractivity contribution in [1.82, 2.24) is 9.97 Å². The van der Waals surface area contributed by atoms with Gasteiger partial charge < -0.3 is 0 Å². The van der Waals surface area contributed by atoms with E-state index in [1.54, 1.807) is 0 Å². The highest BCUT2D eigenvalue weighted by Crippen LogP contribution is 2.34. The molecule has 184 valence electrons. The maximum atomic E-state index is 5.07. The first kappa shape index (κ1) is 23.1. The van der Waals surface area contributed by atoms with Crippen molar-refractivity contribution in [2.75, 3.05) is 0 Å². The lowest BCUT2D eigenvalue weighted by Crippen LogP contribution is -1.96. The summed E-state index contributed by atoms with van der Waals surface area (Å²) in [5.41, 5.74) is 8.74. The summed E-state index contributed by atoms with van der Waals surface area (Å²) in [6, 6.07) is 49.0. The minimum Gasteiger partial charge on any atom is -0.228 e. The highest BCUT2D eigenvalue weighted by molar-refractivity contribution is 5.98. The SMILES string of the molecule is Cc1ccc2ccccc2c1-c1ccc(-c2cc(-c3ccccc3)nc(-c3ccc4ccccc4c3)n2)cc1. The van der Waals surface area contributed by atoms with E-state index in [0.29, 0.717) is 0 Å². The Hall–Kier alpha value is -5.08. The van der Waals surface area contributed by atoms with Crippen molar-refractivity contribution in [3.05, 3.63) is 145 Å². The number of hydrogen-bond donors (Lipinski definition) is 0. The summed E-state index contributed by atoms with van der Waals surface area (Å²) in [6.45, 7) is 2.18. The number of hydrogen-bond acceptors (Lipinski definition) is 2. The van der Waals surface area contributed by atoms with Gasteiger partial charge in [-0.05, 0) is 57.3 Å². The Bertz CT molecular complexity index is 1960. The lowest BCUT2D eigenvalue weighted by molar-refractivity contribution is 1.18. The van der Waals surface area contributed by atoms with Gasteiger partial charge in [-0.25, -0.2) is 9.97 Å². The van der Waals surface area contributed by atoms with Crippen LogP contribution in [0.1, 0.15) is 5.56 Å². The van der Waals surface area contributed by atoms with E-state index in [-0.39, 0.29) is 0 Å². The normalized spacial score (nSPS) is 11.2. The topological polar surface area (TPSA) is 25.8 Å². The molecular formula is C37H26N2. The van der Waals surface area contributed by atoms with E-state index in [0.717, 1.165) is 33.9 Å². The molecule has 0 spiro atoms. The number of aromatic nitrogens is 2. The lowest BCUT2D eigenvalue weighted by atomic mass is 9.93. The quantitative estimate of drug-likeness (QED) is 0.241. The van der Waals surface area contributed by atoms with Gasteiger partial charge in [0.1, 0.15) is 0 Å². The van der Waals surface area contributed by atoms with Gasteiger partial charge in [0.05, 0.1) is 11.4 Å². The van der Waals surface area contributed by atoms with Crippen LogP contribution in [0, 0.1) is 6.92 Å². The predicted molar refractivity (Wildman–Crippen MR) is 164 cm³/mol. The fraction of sp³-hybridized carbons (Fsp3) is 0.0270. The maximum Gasteiger partial charge on any atom is 0.160 e. The minimum absolute atomic E-state index is 0.728. The molecule has 2 heteroatoms. The zero-order chi connectivity index (χ0) is 26.2. The zero-order valence-corrected chi connectivity index (χ0v) is 21.7. The van der Waals surface area contributed by atoms with Crippen molar-refractivity contribution in [3.8, 4) is 45.0 Å². The summed E-state index contributed by atoms with van der Waals surface area (Å²) in [5, 5.41) is 4.92. The Kier molecular flexibility index (Phi) is 5.71. The van der Waals surface area contributed by atoms with Crippen molar-refractivity contribution in [2.24, 2.45) is 0 Å². The molecule has 0 saturated heterocycles. The maximum absolute atomic E-state index is 5.07. The number of nitrogens with zero attached hydrogens (tertiary/aromatic N) is 2. The standard InChI is InChI=1S/C37H26N2/c1-25-15-16-27-10-7-8-14-33(27)36(25)30-20-18-29(19-21-30)35-24-34(28-11-3-2-4-12-28)38-37(39-35)32-22-17-26-9-5-6-13-31(26)23-32/h2-24H,1H3. The number of aryl methyl sites for hydroxylation is 1. The molecule has 0 saturated carbocycles. The van der Waals surface area contributed by atoms with Gasteiger partial charge in [0, 0.05) is 16.7 Å². The lowest BCUT2D eigenvalue weighted by Gasteiger charge is -2.13. The smallest absolute Gasteiger partial charge is 0.160 e. The third-order valence-corrected chi connectivity index (χ3v) is 7.41. The number of fused-ring (bicyclic) bond motifs is 2. The summed E-state index contributed by atoms with van der Waals surface area (Å²) < 4.78 is 0. The van der Waals surface area contributed by atoms with Crippen molar-refractivity contribution in [2.45, 2.75) is 6.92 Å². The predicted octanol–water partition coefficient (Wildman–Crippen LogP) is 9.76. The minimum atomic E-state index is 0.728. The van der Waals surface area contributed by atoms with Crippen LogP contribution in [-0.2, 0) is 0 Å².